The van der Waals surface area contributed by atoms with Crippen LogP contribution in [-0.2, 0) is 6.42 Å². The fourth-order valence-corrected chi connectivity index (χ4v) is 2.83. The lowest BCUT2D eigenvalue weighted by atomic mass is 10.0. The molecule has 21 heavy (non-hydrogen) atoms. The second-order valence-corrected chi connectivity index (χ2v) is 5.61. The summed E-state index contributed by atoms with van der Waals surface area (Å²) >= 11 is 6.06. The smallest absolute Gasteiger partial charge is 0.162 e. The molecule has 1 aromatic heterocycles. The molecule has 0 amide bonds. The average Bonchev–Trinajstić information content (AvgIpc) is 2.86. The molecule has 106 valence electrons. The van der Waals surface area contributed by atoms with E-state index >= 15 is 0 Å². The minimum absolute atomic E-state index is 0.0399. The number of rotatable bonds is 3. The van der Waals surface area contributed by atoms with Crippen LogP contribution >= 0.6 is 11.6 Å². The molecule has 0 aliphatic heterocycles. The molecular weight excluding hydrogens is 282 g/mol. The summed E-state index contributed by atoms with van der Waals surface area (Å²) < 4.78 is 0. The molecule has 0 spiro atoms. The van der Waals surface area contributed by atoms with E-state index in [4.69, 9.17) is 11.6 Å². The van der Waals surface area contributed by atoms with Crippen molar-refractivity contribution in [2.24, 2.45) is 0 Å². The first-order chi connectivity index (χ1) is 10.1. The summed E-state index contributed by atoms with van der Waals surface area (Å²) in [5.41, 5.74) is 4.80. The fourth-order valence-electron chi connectivity index (χ4n) is 2.65. The van der Waals surface area contributed by atoms with Crippen LogP contribution in [0.4, 0.5) is 0 Å². The van der Waals surface area contributed by atoms with E-state index in [1.54, 1.807) is 6.92 Å². The van der Waals surface area contributed by atoms with Crippen molar-refractivity contribution in [2.75, 3.05) is 0 Å². The van der Waals surface area contributed by atoms with Crippen LogP contribution in [0.1, 0.15) is 29.8 Å². The molecule has 0 bridgehead atoms. The van der Waals surface area contributed by atoms with Gasteiger partial charge < -0.3 is 4.98 Å². The zero-order valence-corrected chi connectivity index (χ0v) is 12.8. The predicted octanol–water partition coefficient (Wildman–Crippen LogP) is 5.25. The van der Waals surface area contributed by atoms with E-state index in [9.17, 15) is 4.79 Å². The number of carbonyl (C=O) groups is 1. The minimum atomic E-state index is 0.0399. The number of H-pyrrole nitrogens is 1. The van der Waals surface area contributed by atoms with Gasteiger partial charge in [0, 0.05) is 15.9 Å². The Morgan fingerprint density at radius 3 is 2.48 bits per heavy atom. The van der Waals surface area contributed by atoms with Gasteiger partial charge in [0.25, 0.3) is 0 Å². The first-order valence-electron chi connectivity index (χ1n) is 7.01. The summed E-state index contributed by atoms with van der Waals surface area (Å²) in [5.74, 6) is 0.0399. The molecule has 3 rings (SSSR count). The lowest BCUT2D eigenvalue weighted by Crippen LogP contribution is -1.94. The molecule has 1 heterocycles. The number of ketones is 1. The molecule has 3 heteroatoms. The van der Waals surface area contributed by atoms with E-state index in [0.29, 0.717) is 10.6 Å². The Hall–Kier alpha value is -2.06. The number of aryl methyl sites for hydroxylation is 1. The summed E-state index contributed by atoms with van der Waals surface area (Å²) in [4.78, 5) is 15.4. The molecule has 1 N–H and O–H groups in total. The standard InChI is InChI=1S/C18H16ClNO/c1-3-12-4-6-13(7-5-12)18-17(11(2)21)15-10-14(19)8-9-16(15)20-18/h4-10,20H,3H2,1-2H3. The van der Waals surface area contributed by atoms with Crippen molar-refractivity contribution in [1.82, 2.24) is 4.98 Å². The summed E-state index contributed by atoms with van der Waals surface area (Å²) in [6, 6.07) is 13.9. The largest absolute Gasteiger partial charge is 0.354 e. The number of Topliss-reactive ketones (excluding diaryl/α,β-unsaturated/α-hetero) is 1. The maximum absolute atomic E-state index is 12.1. The number of fused-ring (bicyclic) bond motifs is 1. The molecule has 3 aromatic rings. The highest BCUT2D eigenvalue weighted by Gasteiger charge is 2.16. The van der Waals surface area contributed by atoms with Gasteiger partial charge in [0.2, 0.25) is 0 Å². The van der Waals surface area contributed by atoms with Gasteiger partial charge in [-0.2, -0.15) is 0 Å². The highest BCUT2D eigenvalue weighted by molar-refractivity contribution is 6.31. The van der Waals surface area contributed by atoms with E-state index in [-0.39, 0.29) is 5.78 Å². The molecule has 0 unspecified atom stereocenters. The second-order valence-electron chi connectivity index (χ2n) is 5.17. The Bertz CT molecular complexity index is 815. The van der Waals surface area contributed by atoms with Gasteiger partial charge in [-0.1, -0.05) is 42.8 Å². The van der Waals surface area contributed by atoms with Crippen LogP contribution in [0.25, 0.3) is 22.2 Å². The lowest BCUT2D eigenvalue weighted by molar-refractivity contribution is 0.102. The van der Waals surface area contributed by atoms with Crippen LogP contribution in [-0.4, -0.2) is 10.8 Å². The van der Waals surface area contributed by atoms with E-state index in [1.807, 2.05) is 18.2 Å². The first kappa shape index (κ1) is 13.9. The number of halogens is 1. The molecular formula is C18H16ClNO. The van der Waals surface area contributed by atoms with E-state index in [2.05, 4.69) is 36.2 Å². The third kappa shape index (κ3) is 2.47. The van der Waals surface area contributed by atoms with Gasteiger partial charge in [-0.3, -0.25) is 4.79 Å². The van der Waals surface area contributed by atoms with Crippen molar-refractivity contribution in [3.63, 3.8) is 0 Å². The number of aromatic amines is 1. The highest BCUT2D eigenvalue weighted by atomic mass is 35.5. The van der Waals surface area contributed by atoms with Gasteiger partial charge in [-0.25, -0.2) is 0 Å². The van der Waals surface area contributed by atoms with Crippen LogP contribution < -0.4 is 0 Å². The fraction of sp³-hybridized carbons (Fsp3) is 0.167. The van der Waals surface area contributed by atoms with Gasteiger partial charge in [-0.05, 0) is 42.7 Å². The Balaban J connectivity index is 2.25. The number of carbonyl (C=O) groups excluding carboxylic acids is 1. The minimum Gasteiger partial charge on any atom is -0.354 e. The number of benzene rings is 2. The van der Waals surface area contributed by atoms with Crippen molar-refractivity contribution in [2.45, 2.75) is 20.3 Å². The van der Waals surface area contributed by atoms with E-state index < -0.39 is 0 Å². The topological polar surface area (TPSA) is 32.9 Å². The Morgan fingerprint density at radius 1 is 1.14 bits per heavy atom. The number of nitrogens with one attached hydrogen (secondary N) is 1. The molecule has 0 aliphatic carbocycles. The molecule has 2 nitrogen and oxygen atoms in total. The Labute approximate surface area is 128 Å². The molecule has 0 radical (unpaired) electrons. The van der Waals surface area contributed by atoms with Crippen molar-refractivity contribution >= 4 is 28.3 Å². The summed E-state index contributed by atoms with van der Waals surface area (Å²) in [7, 11) is 0. The first-order valence-corrected chi connectivity index (χ1v) is 7.39. The summed E-state index contributed by atoms with van der Waals surface area (Å²) in [6.07, 6.45) is 1.00. The summed E-state index contributed by atoms with van der Waals surface area (Å²) in [5, 5.41) is 1.52. The number of hydrogen-bond donors (Lipinski definition) is 1. The second kappa shape index (κ2) is 5.38. The van der Waals surface area contributed by atoms with Crippen molar-refractivity contribution < 1.29 is 4.79 Å². The molecule has 2 aromatic carbocycles. The molecule has 0 aliphatic rings. The van der Waals surface area contributed by atoms with Crippen LogP contribution in [0.5, 0.6) is 0 Å². The Morgan fingerprint density at radius 2 is 1.86 bits per heavy atom. The van der Waals surface area contributed by atoms with Crippen LogP contribution in [0, 0.1) is 0 Å². The molecule has 0 saturated heterocycles. The third-order valence-electron chi connectivity index (χ3n) is 3.76. The Kier molecular flexibility index (Phi) is 3.56. The monoisotopic (exact) mass is 297 g/mol. The average molecular weight is 298 g/mol. The highest BCUT2D eigenvalue weighted by Crippen LogP contribution is 2.32. The van der Waals surface area contributed by atoms with Crippen LogP contribution in [0.2, 0.25) is 5.02 Å². The number of hydrogen-bond acceptors (Lipinski definition) is 1. The summed E-state index contributed by atoms with van der Waals surface area (Å²) in [6.45, 7) is 3.72. The van der Waals surface area contributed by atoms with Crippen molar-refractivity contribution in [3.8, 4) is 11.3 Å². The van der Waals surface area contributed by atoms with E-state index in [0.717, 1.165) is 28.6 Å². The maximum atomic E-state index is 12.1. The molecule has 0 saturated carbocycles. The maximum Gasteiger partial charge on any atom is 0.162 e. The van der Waals surface area contributed by atoms with E-state index in [1.165, 1.54) is 5.56 Å². The van der Waals surface area contributed by atoms with Gasteiger partial charge in [0.15, 0.2) is 5.78 Å². The van der Waals surface area contributed by atoms with Gasteiger partial charge in [0.05, 0.1) is 11.3 Å². The zero-order chi connectivity index (χ0) is 15.0. The molecule has 0 fully saturated rings. The quantitative estimate of drug-likeness (QED) is 0.658. The SMILES string of the molecule is CCc1ccc(-c2[nH]c3ccc(Cl)cc3c2C(C)=O)cc1. The van der Waals surface area contributed by atoms with Gasteiger partial charge >= 0.3 is 0 Å². The van der Waals surface area contributed by atoms with Gasteiger partial charge in [0.1, 0.15) is 0 Å². The molecule has 0 atom stereocenters. The normalized spacial score (nSPS) is 11.0. The zero-order valence-electron chi connectivity index (χ0n) is 12.0. The number of aromatic nitrogens is 1. The van der Waals surface area contributed by atoms with Crippen LogP contribution in [0.15, 0.2) is 42.5 Å². The van der Waals surface area contributed by atoms with Crippen molar-refractivity contribution in [3.05, 3.63) is 58.6 Å². The van der Waals surface area contributed by atoms with Crippen LogP contribution in [0.3, 0.4) is 0 Å². The third-order valence-corrected chi connectivity index (χ3v) is 4.00. The van der Waals surface area contributed by atoms with Gasteiger partial charge in [-0.15, -0.1) is 0 Å². The lowest BCUT2D eigenvalue weighted by Gasteiger charge is -2.03. The van der Waals surface area contributed by atoms with Crippen molar-refractivity contribution in [1.29, 1.82) is 0 Å². The predicted molar refractivity (Wildman–Crippen MR) is 88.1 cm³/mol.